The maximum Gasteiger partial charge on any atom is 0.407 e. The fourth-order valence-electron chi connectivity index (χ4n) is 5.26. The van der Waals surface area contributed by atoms with Gasteiger partial charge in [0.2, 0.25) is 10.0 Å². The predicted molar refractivity (Wildman–Crippen MR) is 147 cm³/mol. The van der Waals surface area contributed by atoms with Crippen LogP contribution in [0.5, 0.6) is 0 Å². The van der Waals surface area contributed by atoms with Crippen LogP contribution in [0, 0.1) is 11.8 Å². The number of aliphatic hydroxyl groups excluding tert-OH is 1. The Hall–Kier alpha value is -3.03. The standard InChI is InChI=1S/C28H36N4O7S/c1-18(2)14-32(40(35,36)20-8-9-22-23(13-20)30-17-29-22)15-25(33)24(12-19-6-4-3-5-7-19)31-28(34)39-26-16-38-27-21(26)10-11-37-27/h3-9,13,17-18,21,24-27,33H,10-12,14-16H2,1-2H3,(H,29,30)(H,31,34)/t21?,24-,25+,26?,27?/m0/s1. The minimum Gasteiger partial charge on any atom is -0.443 e. The second kappa shape index (κ2) is 12.2. The highest BCUT2D eigenvalue weighted by Crippen LogP contribution is 2.33. The molecule has 3 aromatic rings. The molecule has 216 valence electrons. The van der Waals surface area contributed by atoms with E-state index in [0.717, 1.165) is 12.0 Å². The molecule has 3 heterocycles. The zero-order valence-electron chi connectivity index (χ0n) is 22.6. The van der Waals surface area contributed by atoms with Gasteiger partial charge in [0.05, 0.1) is 53.5 Å². The first kappa shape index (κ1) is 28.5. The molecule has 1 amide bonds. The quantitative estimate of drug-likeness (QED) is 0.318. The number of aliphatic hydroxyl groups is 1. The van der Waals surface area contributed by atoms with Gasteiger partial charge in [-0.1, -0.05) is 44.2 Å². The normalized spacial score (nSPS) is 22.5. The molecule has 2 aromatic carbocycles. The first-order chi connectivity index (χ1) is 19.2. The van der Waals surface area contributed by atoms with Crippen molar-refractivity contribution in [2.24, 2.45) is 11.8 Å². The Kier molecular flexibility index (Phi) is 8.71. The first-order valence-corrected chi connectivity index (χ1v) is 15.0. The SMILES string of the molecule is CC(C)CN(C[C@@H](O)[C@H](Cc1ccccc1)NC(=O)OC1COC2OCCC12)S(=O)(=O)c1ccc2nc[nH]c2c1. The number of aromatic amines is 1. The Morgan fingerprint density at radius 2 is 2.00 bits per heavy atom. The molecular weight excluding hydrogens is 536 g/mol. The molecule has 3 unspecified atom stereocenters. The molecule has 5 rings (SSSR count). The van der Waals surface area contributed by atoms with Gasteiger partial charge in [-0.3, -0.25) is 0 Å². The maximum atomic E-state index is 13.8. The van der Waals surface area contributed by atoms with E-state index in [4.69, 9.17) is 14.2 Å². The number of sulfonamides is 1. The van der Waals surface area contributed by atoms with Gasteiger partial charge in [-0.05, 0) is 42.5 Å². The molecular formula is C28H36N4O7S. The summed E-state index contributed by atoms with van der Waals surface area (Å²) in [6, 6.07) is 13.3. The highest BCUT2D eigenvalue weighted by atomic mass is 32.2. The summed E-state index contributed by atoms with van der Waals surface area (Å²) in [5.41, 5.74) is 2.13. The summed E-state index contributed by atoms with van der Waals surface area (Å²) in [5, 5.41) is 14.2. The molecule has 0 radical (unpaired) electrons. The fourth-order valence-corrected chi connectivity index (χ4v) is 6.91. The van der Waals surface area contributed by atoms with E-state index < -0.39 is 34.4 Å². The average molecular weight is 573 g/mol. The lowest BCUT2D eigenvalue weighted by molar-refractivity contribution is -0.0907. The van der Waals surface area contributed by atoms with E-state index in [1.807, 2.05) is 44.2 Å². The molecule has 12 heteroatoms. The topological polar surface area (TPSA) is 143 Å². The van der Waals surface area contributed by atoms with Crippen molar-refractivity contribution >= 4 is 27.1 Å². The highest BCUT2D eigenvalue weighted by molar-refractivity contribution is 7.89. The highest BCUT2D eigenvalue weighted by Gasteiger charge is 2.44. The van der Waals surface area contributed by atoms with E-state index in [1.54, 1.807) is 6.07 Å². The van der Waals surface area contributed by atoms with Gasteiger partial charge in [0, 0.05) is 13.1 Å². The lowest BCUT2D eigenvalue weighted by Gasteiger charge is -2.31. The second-order valence-electron chi connectivity index (χ2n) is 10.8. The number of hydrogen-bond donors (Lipinski definition) is 3. The number of alkyl carbamates (subject to hydrolysis) is 1. The van der Waals surface area contributed by atoms with E-state index in [2.05, 4.69) is 15.3 Å². The smallest absolute Gasteiger partial charge is 0.407 e. The molecule has 2 aliphatic heterocycles. The molecule has 40 heavy (non-hydrogen) atoms. The third-order valence-corrected chi connectivity index (χ3v) is 9.13. The van der Waals surface area contributed by atoms with Gasteiger partial charge in [-0.15, -0.1) is 0 Å². The van der Waals surface area contributed by atoms with E-state index in [1.165, 1.54) is 22.8 Å². The van der Waals surface area contributed by atoms with Gasteiger partial charge >= 0.3 is 6.09 Å². The van der Waals surface area contributed by atoms with Crippen LogP contribution >= 0.6 is 0 Å². The Morgan fingerprint density at radius 1 is 1.20 bits per heavy atom. The molecule has 0 spiro atoms. The summed E-state index contributed by atoms with van der Waals surface area (Å²) in [4.78, 5) is 20.2. The van der Waals surface area contributed by atoms with Crippen molar-refractivity contribution in [3.05, 3.63) is 60.4 Å². The van der Waals surface area contributed by atoms with E-state index in [-0.39, 0.29) is 49.1 Å². The van der Waals surface area contributed by atoms with Gasteiger partial charge in [-0.25, -0.2) is 18.2 Å². The van der Waals surface area contributed by atoms with Crippen LogP contribution in [-0.4, -0.2) is 84.7 Å². The van der Waals surface area contributed by atoms with Crippen molar-refractivity contribution < 1.29 is 32.5 Å². The number of rotatable bonds is 11. The predicted octanol–water partition coefficient (Wildman–Crippen LogP) is 2.67. The van der Waals surface area contributed by atoms with Gasteiger partial charge in [0.15, 0.2) is 6.29 Å². The van der Waals surface area contributed by atoms with Crippen LogP contribution in [0.1, 0.15) is 25.8 Å². The third-order valence-electron chi connectivity index (χ3n) is 7.30. The Balaban J connectivity index is 1.34. The molecule has 5 atom stereocenters. The number of nitrogens with zero attached hydrogens (tertiary/aromatic N) is 2. The number of nitrogens with one attached hydrogen (secondary N) is 2. The number of fused-ring (bicyclic) bond motifs is 2. The molecule has 1 aromatic heterocycles. The van der Waals surface area contributed by atoms with Crippen molar-refractivity contribution in [1.29, 1.82) is 0 Å². The van der Waals surface area contributed by atoms with E-state index in [0.29, 0.717) is 17.6 Å². The van der Waals surface area contributed by atoms with Crippen molar-refractivity contribution in [2.75, 3.05) is 26.3 Å². The van der Waals surface area contributed by atoms with Crippen molar-refractivity contribution in [3.8, 4) is 0 Å². The average Bonchev–Trinajstić information content (AvgIpc) is 3.66. The molecule has 2 saturated heterocycles. The number of amides is 1. The summed E-state index contributed by atoms with van der Waals surface area (Å²) in [5.74, 6) is -0.0329. The zero-order valence-corrected chi connectivity index (χ0v) is 23.4. The number of H-pyrrole nitrogens is 1. The number of ether oxygens (including phenoxy) is 3. The maximum absolute atomic E-state index is 13.8. The van der Waals surface area contributed by atoms with Crippen LogP contribution in [0.2, 0.25) is 0 Å². The Bertz CT molecular complexity index is 1400. The lowest BCUT2D eigenvalue weighted by atomic mass is 10.0. The number of aromatic nitrogens is 2. The molecule has 2 aliphatic rings. The van der Waals surface area contributed by atoms with Gasteiger partial charge in [-0.2, -0.15) is 4.31 Å². The van der Waals surface area contributed by atoms with Gasteiger partial charge in [0.1, 0.15) is 6.10 Å². The van der Waals surface area contributed by atoms with Crippen LogP contribution in [0.25, 0.3) is 11.0 Å². The largest absolute Gasteiger partial charge is 0.443 e. The summed E-state index contributed by atoms with van der Waals surface area (Å²) in [6.45, 7) is 4.59. The van der Waals surface area contributed by atoms with E-state index in [9.17, 15) is 18.3 Å². The van der Waals surface area contributed by atoms with Crippen molar-refractivity contribution in [2.45, 2.75) is 56.1 Å². The van der Waals surface area contributed by atoms with Gasteiger partial charge < -0.3 is 29.6 Å². The molecule has 0 saturated carbocycles. The summed E-state index contributed by atoms with van der Waals surface area (Å²) in [7, 11) is -3.97. The Morgan fingerprint density at radius 3 is 2.77 bits per heavy atom. The van der Waals surface area contributed by atoms with Crippen LogP contribution in [0.15, 0.2) is 59.8 Å². The monoisotopic (exact) mass is 572 g/mol. The van der Waals surface area contributed by atoms with Crippen LogP contribution in [0.3, 0.4) is 0 Å². The van der Waals surface area contributed by atoms with Crippen LogP contribution in [-0.2, 0) is 30.7 Å². The lowest BCUT2D eigenvalue weighted by Crippen LogP contribution is -2.51. The number of benzene rings is 2. The van der Waals surface area contributed by atoms with Crippen molar-refractivity contribution in [3.63, 3.8) is 0 Å². The molecule has 0 bridgehead atoms. The molecule has 0 aliphatic carbocycles. The molecule has 2 fully saturated rings. The van der Waals surface area contributed by atoms with Gasteiger partial charge in [0.25, 0.3) is 0 Å². The molecule has 11 nitrogen and oxygen atoms in total. The molecule has 3 N–H and O–H groups in total. The van der Waals surface area contributed by atoms with E-state index >= 15 is 0 Å². The number of imidazole rings is 1. The summed E-state index contributed by atoms with van der Waals surface area (Å²) >= 11 is 0. The minimum absolute atomic E-state index is 0.00713. The summed E-state index contributed by atoms with van der Waals surface area (Å²) in [6.07, 6.45) is -0.193. The van der Waals surface area contributed by atoms with Crippen molar-refractivity contribution in [1.82, 2.24) is 19.6 Å². The first-order valence-electron chi connectivity index (χ1n) is 13.6. The third kappa shape index (κ3) is 6.47. The van der Waals surface area contributed by atoms with Crippen LogP contribution in [0.4, 0.5) is 4.79 Å². The summed E-state index contributed by atoms with van der Waals surface area (Å²) < 4.78 is 45.5. The second-order valence-corrected chi connectivity index (χ2v) is 12.7. The number of carbonyl (C=O) groups is 1. The Labute approximate surface area is 233 Å². The number of hydrogen-bond acceptors (Lipinski definition) is 8. The fraction of sp³-hybridized carbons (Fsp3) is 0.500. The van der Waals surface area contributed by atoms with Crippen LogP contribution < -0.4 is 5.32 Å². The minimum atomic E-state index is -3.97. The number of carbonyl (C=O) groups excluding carboxylic acids is 1. The zero-order chi connectivity index (χ0) is 28.3.